The molecule has 0 saturated carbocycles. The quantitative estimate of drug-likeness (QED) is 0.165. The molecule has 1 saturated heterocycles. The number of nitrogens with one attached hydrogen (secondary N) is 1. The van der Waals surface area contributed by atoms with Gasteiger partial charge in [0.2, 0.25) is 5.91 Å². The van der Waals surface area contributed by atoms with Gasteiger partial charge in [-0.05, 0) is 57.0 Å². The lowest BCUT2D eigenvalue weighted by molar-refractivity contribution is -0.143. The summed E-state index contributed by atoms with van der Waals surface area (Å²) in [4.78, 5) is 18.9. The molecule has 1 unspecified atom stereocenters. The van der Waals surface area contributed by atoms with E-state index in [1.165, 1.54) is 13.3 Å². The highest BCUT2D eigenvalue weighted by molar-refractivity contribution is 7.99. The van der Waals surface area contributed by atoms with Crippen LogP contribution in [-0.4, -0.2) is 58.6 Å². The molecule has 1 atom stereocenters. The zero-order valence-corrected chi connectivity index (χ0v) is 22.8. The molecule has 3 aromatic rings. The Balaban J connectivity index is 1.40. The lowest BCUT2D eigenvalue weighted by Gasteiger charge is -2.40. The van der Waals surface area contributed by atoms with Crippen LogP contribution in [0.2, 0.25) is 5.02 Å². The first-order valence-corrected chi connectivity index (χ1v) is 13.8. The van der Waals surface area contributed by atoms with Crippen LogP contribution in [0.3, 0.4) is 0 Å². The van der Waals surface area contributed by atoms with E-state index in [2.05, 4.69) is 9.88 Å². The van der Waals surface area contributed by atoms with Gasteiger partial charge in [-0.25, -0.2) is 18.7 Å². The highest BCUT2D eigenvalue weighted by Crippen LogP contribution is 2.41. The van der Waals surface area contributed by atoms with Crippen LogP contribution in [0.1, 0.15) is 37.4 Å². The van der Waals surface area contributed by atoms with Crippen molar-refractivity contribution in [1.82, 2.24) is 15.4 Å². The number of carbonyl (C=O) groups is 1. The number of piperidine rings is 1. The average Bonchev–Trinajstić information content (AvgIpc) is 2.93. The number of hydrogen-bond donors (Lipinski definition) is 3. The third kappa shape index (κ3) is 6.60. The third-order valence-electron chi connectivity index (χ3n) is 7.31. The number of ether oxygens (including phenoxy) is 1. The van der Waals surface area contributed by atoms with Gasteiger partial charge < -0.3 is 14.7 Å². The highest BCUT2D eigenvalue weighted by Gasteiger charge is 2.41. The van der Waals surface area contributed by atoms with Crippen molar-refractivity contribution in [3.05, 3.63) is 64.6 Å². The van der Waals surface area contributed by atoms with Gasteiger partial charge in [-0.3, -0.25) is 15.0 Å². The lowest BCUT2D eigenvalue weighted by atomic mass is 9.73. The number of hydrogen-bond acceptors (Lipinski definition) is 7. The van der Waals surface area contributed by atoms with Gasteiger partial charge in [0.25, 0.3) is 0 Å². The fraction of sp³-hybridized carbons (Fsp3) is 0.407. The van der Waals surface area contributed by atoms with E-state index in [0.717, 1.165) is 11.8 Å². The van der Waals surface area contributed by atoms with E-state index in [1.54, 1.807) is 23.7 Å². The molecule has 1 aromatic heterocycles. The Bertz CT molecular complexity index is 1320. The second-order valence-corrected chi connectivity index (χ2v) is 11.1. The Morgan fingerprint density at radius 2 is 1.92 bits per heavy atom. The Labute approximate surface area is 233 Å². The van der Waals surface area contributed by atoms with Crippen LogP contribution in [0, 0.1) is 22.9 Å². The van der Waals surface area contributed by atoms with Crippen molar-refractivity contribution >= 4 is 40.2 Å². The van der Waals surface area contributed by atoms with Gasteiger partial charge in [0, 0.05) is 41.6 Å². The minimum Gasteiger partial charge on any atom is -0.497 e. The first-order chi connectivity index (χ1) is 18.7. The normalized spacial score (nSPS) is 16.3. The Hall–Kier alpha value is -2.57. The van der Waals surface area contributed by atoms with Crippen LogP contribution in [-0.2, 0) is 4.79 Å². The number of rotatable bonds is 10. The van der Waals surface area contributed by atoms with E-state index < -0.39 is 34.9 Å². The summed E-state index contributed by atoms with van der Waals surface area (Å²) in [6.45, 7) is 1.52. The minimum atomic E-state index is -0.992. The number of hydroxylamine groups is 1. The molecule has 4 rings (SSSR count). The zero-order chi connectivity index (χ0) is 28.2. The number of aliphatic hydroxyl groups is 1. The first kappa shape index (κ1) is 29.4. The summed E-state index contributed by atoms with van der Waals surface area (Å²) in [7, 11) is 1.54. The molecule has 0 aliphatic carbocycles. The maximum Gasteiger partial charge on any atom is 0.249 e. The molecule has 12 heteroatoms. The van der Waals surface area contributed by atoms with Crippen LogP contribution in [0.4, 0.5) is 13.2 Å². The zero-order valence-electron chi connectivity index (χ0n) is 21.2. The maximum absolute atomic E-state index is 13.9. The van der Waals surface area contributed by atoms with Gasteiger partial charge in [-0.2, -0.15) is 0 Å². The van der Waals surface area contributed by atoms with Gasteiger partial charge in [-0.1, -0.05) is 11.6 Å². The molecule has 1 amide bonds. The van der Waals surface area contributed by atoms with Crippen LogP contribution in [0.15, 0.2) is 41.4 Å². The van der Waals surface area contributed by atoms with Crippen LogP contribution < -0.4 is 10.2 Å². The fourth-order valence-corrected chi connectivity index (χ4v) is 6.27. The van der Waals surface area contributed by atoms with Crippen LogP contribution in [0.5, 0.6) is 5.75 Å². The van der Waals surface area contributed by atoms with Crippen molar-refractivity contribution in [2.45, 2.75) is 36.7 Å². The van der Waals surface area contributed by atoms with Crippen molar-refractivity contribution < 1.29 is 33.0 Å². The number of pyridine rings is 1. The summed E-state index contributed by atoms with van der Waals surface area (Å²) in [5.41, 5.74) is 2.00. The van der Waals surface area contributed by atoms with E-state index in [9.17, 15) is 28.3 Å². The van der Waals surface area contributed by atoms with Gasteiger partial charge in [-0.15, -0.1) is 11.8 Å². The molecule has 0 radical (unpaired) electrons. The number of nitrogens with zero attached hydrogens (tertiary/aromatic N) is 2. The molecule has 2 heterocycles. The predicted octanol–water partition coefficient (Wildman–Crippen LogP) is 5.51. The second kappa shape index (κ2) is 12.7. The molecule has 1 aliphatic heterocycles. The second-order valence-electron chi connectivity index (χ2n) is 9.57. The Kier molecular flexibility index (Phi) is 9.60. The van der Waals surface area contributed by atoms with E-state index in [0.29, 0.717) is 84.0 Å². The summed E-state index contributed by atoms with van der Waals surface area (Å²) < 4.78 is 46.3. The number of benzene rings is 2. The fourth-order valence-electron chi connectivity index (χ4n) is 5.05. The number of halogens is 4. The van der Waals surface area contributed by atoms with Gasteiger partial charge >= 0.3 is 0 Å². The molecule has 1 aliphatic rings. The number of thioether (sulfide) groups is 1. The maximum atomic E-state index is 13.9. The van der Waals surface area contributed by atoms with Crippen molar-refractivity contribution in [1.29, 1.82) is 0 Å². The summed E-state index contributed by atoms with van der Waals surface area (Å²) >= 11 is 7.39. The molecule has 2 aromatic carbocycles. The first-order valence-electron chi connectivity index (χ1n) is 12.4. The predicted molar refractivity (Wildman–Crippen MR) is 143 cm³/mol. The molecule has 1 fully saturated rings. The van der Waals surface area contributed by atoms with Crippen LogP contribution in [0.25, 0.3) is 10.9 Å². The largest absolute Gasteiger partial charge is 0.497 e. The standard InChI is InChI=1S/C27H29ClF3N3O4S/c1-38-17-2-3-22-18(14-17)24(19(28)15-32-22)23(35)4-5-27(26(36)33-37)6-8-34(9-7-27)10-11-39-25-20(30)12-16(29)13-21(25)31/h2-3,12-15,23,35,37H,4-11H2,1H3,(H,33,36). The molecular weight excluding hydrogens is 555 g/mol. The van der Waals surface area contributed by atoms with Gasteiger partial charge in [0.15, 0.2) is 0 Å². The van der Waals surface area contributed by atoms with E-state index in [4.69, 9.17) is 16.3 Å². The summed E-state index contributed by atoms with van der Waals surface area (Å²) in [5.74, 6) is -2.40. The number of aromatic nitrogens is 1. The van der Waals surface area contributed by atoms with E-state index in [1.807, 2.05) is 0 Å². The van der Waals surface area contributed by atoms with Gasteiger partial charge in [0.1, 0.15) is 23.2 Å². The summed E-state index contributed by atoms with van der Waals surface area (Å²) in [6, 6.07) is 6.60. The van der Waals surface area contributed by atoms with Gasteiger partial charge in [0.05, 0.1) is 34.1 Å². The van der Waals surface area contributed by atoms with E-state index in [-0.39, 0.29) is 11.3 Å². The number of likely N-dealkylation sites (tertiary alicyclic amines) is 1. The van der Waals surface area contributed by atoms with Crippen molar-refractivity contribution in [3.8, 4) is 5.75 Å². The molecule has 3 N–H and O–H groups in total. The SMILES string of the molecule is COc1ccc2ncc(Cl)c(C(O)CCC3(C(=O)NO)CCN(CCSc4c(F)cc(F)cc4F)CC3)c2c1. The molecule has 0 bridgehead atoms. The monoisotopic (exact) mass is 583 g/mol. The van der Waals surface area contributed by atoms with Crippen LogP contribution >= 0.6 is 23.4 Å². The summed E-state index contributed by atoms with van der Waals surface area (Å²) in [5, 5.41) is 21.6. The number of fused-ring (bicyclic) bond motifs is 1. The van der Waals surface area contributed by atoms with Crippen molar-refractivity contribution in [3.63, 3.8) is 0 Å². The smallest absolute Gasteiger partial charge is 0.249 e. The van der Waals surface area contributed by atoms with Crippen molar-refractivity contribution in [2.75, 3.05) is 32.5 Å². The Morgan fingerprint density at radius 1 is 1.23 bits per heavy atom. The highest BCUT2D eigenvalue weighted by atomic mass is 35.5. The molecule has 7 nitrogen and oxygen atoms in total. The minimum absolute atomic E-state index is 0.211. The number of carbonyl (C=O) groups excluding carboxylic acids is 1. The van der Waals surface area contributed by atoms with Crippen molar-refractivity contribution in [2.24, 2.45) is 5.41 Å². The molecular formula is C27H29ClF3N3O4S. The average molecular weight is 584 g/mol. The molecule has 39 heavy (non-hydrogen) atoms. The summed E-state index contributed by atoms with van der Waals surface area (Å²) in [6.07, 6.45) is 1.81. The Morgan fingerprint density at radius 3 is 2.56 bits per heavy atom. The number of methoxy groups -OCH3 is 1. The van der Waals surface area contributed by atoms with E-state index >= 15 is 0 Å². The molecule has 0 spiro atoms. The molecule has 210 valence electrons. The number of amides is 1. The number of aliphatic hydroxyl groups excluding tert-OH is 1. The topological polar surface area (TPSA) is 94.9 Å². The third-order valence-corrected chi connectivity index (χ3v) is 8.68. The lowest BCUT2D eigenvalue weighted by Crippen LogP contribution is -2.48.